The van der Waals surface area contributed by atoms with Crippen molar-refractivity contribution in [1.29, 1.82) is 0 Å². The van der Waals surface area contributed by atoms with Crippen molar-refractivity contribution in [3.8, 4) is 0 Å². The fourth-order valence-electron chi connectivity index (χ4n) is 1.57. The van der Waals surface area contributed by atoms with Crippen LogP contribution in [0, 0.1) is 6.92 Å². The third-order valence-corrected chi connectivity index (χ3v) is 2.61. The Kier molecular flexibility index (Phi) is 5.68. The quantitative estimate of drug-likeness (QED) is 0.523. The summed E-state index contributed by atoms with van der Waals surface area (Å²) in [5.74, 6) is 0.871. The average Bonchev–Trinajstić information content (AvgIpc) is 2.29. The summed E-state index contributed by atoms with van der Waals surface area (Å²) >= 11 is 0. The summed E-state index contributed by atoms with van der Waals surface area (Å²) < 4.78 is 0. The summed E-state index contributed by atoms with van der Waals surface area (Å²) in [6.07, 6.45) is 9.72. The van der Waals surface area contributed by atoms with Crippen molar-refractivity contribution in [2.75, 3.05) is 0 Å². The van der Waals surface area contributed by atoms with Crippen molar-refractivity contribution in [3.63, 3.8) is 0 Å². The third-order valence-electron chi connectivity index (χ3n) is 2.61. The number of ketones is 1. The molecule has 0 aliphatic carbocycles. The summed E-state index contributed by atoms with van der Waals surface area (Å²) in [4.78, 5) is 19.8. The minimum absolute atomic E-state index is 0.163. The number of carbonyl (C=O) groups excluding carboxylic acids is 1. The van der Waals surface area contributed by atoms with Crippen LogP contribution in [0.5, 0.6) is 0 Å². The highest BCUT2D eigenvalue weighted by molar-refractivity contribution is 5.95. The van der Waals surface area contributed by atoms with E-state index >= 15 is 0 Å². The zero-order valence-electron chi connectivity index (χ0n) is 10.2. The van der Waals surface area contributed by atoms with Gasteiger partial charge in [0.1, 0.15) is 5.82 Å². The van der Waals surface area contributed by atoms with Gasteiger partial charge in [0, 0.05) is 18.8 Å². The number of aryl methyl sites for hydroxylation is 1. The van der Waals surface area contributed by atoms with Gasteiger partial charge in [0.05, 0.1) is 5.56 Å². The SMILES string of the molecule is CCCCCCCC(=O)c1cnc(C)nc1. The Balaban J connectivity index is 2.27. The standard InChI is InChI=1S/C13H20N2O/c1-3-4-5-6-7-8-13(16)12-9-14-11(2)15-10-12/h9-10H,3-8H2,1-2H3. The number of Topliss-reactive ketones (excluding diaryl/α,β-unsaturated/α-hetero) is 1. The summed E-state index contributed by atoms with van der Waals surface area (Å²) in [5.41, 5.74) is 0.640. The Morgan fingerprint density at radius 3 is 2.38 bits per heavy atom. The minimum Gasteiger partial charge on any atom is -0.294 e. The largest absolute Gasteiger partial charge is 0.294 e. The van der Waals surface area contributed by atoms with E-state index in [-0.39, 0.29) is 5.78 Å². The van der Waals surface area contributed by atoms with Crippen LogP contribution in [0.1, 0.15) is 61.6 Å². The predicted octanol–water partition coefficient (Wildman–Crippen LogP) is 3.33. The Morgan fingerprint density at radius 1 is 1.12 bits per heavy atom. The van der Waals surface area contributed by atoms with Crippen LogP contribution < -0.4 is 0 Å². The zero-order valence-corrected chi connectivity index (χ0v) is 10.2. The molecule has 1 aromatic rings. The van der Waals surface area contributed by atoms with Gasteiger partial charge in [-0.2, -0.15) is 0 Å². The number of rotatable bonds is 7. The summed E-state index contributed by atoms with van der Waals surface area (Å²) in [6.45, 7) is 4.01. The van der Waals surface area contributed by atoms with Crippen LogP contribution in [0.25, 0.3) is 0 Å². The Morgan fingerprint density at radius 2 is 1.75 bits per heavy atom. The van der Waals surface area contributed by atoms with Crippen molar-refractivity contribution in [2.24, 2.45) is 0 Å². The second-order valence-electron chi connectivity index (χ2n) is 4.11. The lowest BCUT2D eigenvalue weighted by Gasteiger charge is -2.01. The zero-order chi connectivity index (χ0) is 11.8. The average molecular weight is 220 g/mol. The van der Waals surface area contributed by atoms with Gasteiger partial charge in [0.25, 0.3) is 0 Å². The molecule has 0 spiro atoms. The molecule has 0 radical (unpaired) electrons. The van der Waals surface area contributed by atoms with Gasteiger partial charge < -0.3 is 0 Å². The molecule has 1 aromatic heterocycles. The number of unbranched alkanes of at least 4 members (excludes halogenated alkanes) is 4. The molecule has 0 saturated carbocycles. The highest BCUT2D eigenvalue weighted by Gasteiger charge is 2.05. The predicted molar refractivity (Wildman–Crippen MR) is 64.5 cm³/mol. The van der Waals surface area contributed by atoms with E-state index in [9.17, 15) is 4.79 Å². The first kappa shape index (κ1) is 12.8. The molecule has 1 heterocycles. The van der Waals surface area contributed by atoms with Crippen molar-refractivity contribution >= 4 is 5.78 Å². The van der Waals surface area contributed by atoms with Crippen molar-refractivity contribution in [3.05, 3.63) is 23.8 Å². The molecule has 88 valence electrons. The van der Waals surface area contributed by atoms with Crippen LogP contribution in [0.15, 0.2) is 12.4 Å². The Labute approximate surface area is 97.3 Å². The van der Waals surface area contributed by atoms with Gasteiger partial charge in [-0.15, -0.1) is 0 Å². The molecule has 3 heteroatoms. The van der Waals surface area contributed by atoms with Gasteiger partial charge in [-0.1, -0.05) is 32.6 Å². The maximum absolute atomic E-state index is 11.7. The molecule has 0 aromatic carbocycles. The first-order chi connectivity index (χ1) is 7.74. The normalized spacial score (nSPS) is 10.4. The molecular formula is C13H20N2O. The van der Waals surface area contributed by atoms with Crippen molar-refractivity contribution in [1.82, 2.24) is 9.97 Å². The monoisotopic (exact) mass is 220 g/mol. The number of aromatic nitrogens is 2. The Bertz CT molecular complexity index is 319. The van der Waals surface area contributed by atoms with Gasteiger partial charge in [-0.05, 0) is 13.3 Å². The summed E-state index contributed by atoms with van der Waals surface area (Å²) in [5, 5.41) is 0. The molecular weight excluding hydrogens is 200 g/mol. The second-order valence-corrected chi connectivity index (χ2v) is 4.11. The first-order valence-electron chi connectivity index (χ1n) is 6.06. The molecule has 0 N–H and O–H groups in total. The van der Waals surface area contributed by atoms with Gasteiger partial charge in [0.15, 0.2) is 5.78 Å². The van der Waals surface area contributed by atoms with Gasteiger partial charge >= 0.3 is 0 Å². The molecule has 0 aliphatic heterocycles. The van der Waals surface area contributed by atoms with Crippen LogP contribution in [0.4, 0.5) is 0 Å². The van der Waals surface area contributed by atoms with Crippen molar-refractivity contribution < 1.29 is 4.79 Å². The fourth-order valence-corrected chi connectivity index (χ4v) is 1.57. The van der Waals surface area contributed by atoms with E-state index in [4.69, 9.17) is 0 Å². The lowest BCUT2D eigenvalue weighted by Crippen LogP contribution is -2.01. The first-order valence-corrected chi connectivity index (χ1v) is 6.06. The highest BCUT2D eigenvalue weighted by Crippen LogP contribution is 2.08. The van der Waals surface area contributed by atoms with Crippen molar-refractivity contribution in [2.45, 2.75) is 52.4 Å². The smallest absolute Gasteiger partial charge is 0.165 e. The minimum atomic E-state index is 0.163. The number of hydrogen-bond donors (Lipinski definition) is 0. The molecule has 0 atom stereocenters. The second kappa shape index (κ2) is 7.09. The number of hydrogen-bond acceptors (Lipinski definition) is 3. The van der Waals surface area contributed by atoms with Crippen LogP contribution in [0.3, 0.4) is 0 Å². The van der Waals surface area contributed by atoms with E-state index in [0.29, 0.717) is 17.8 Å². The fraction of sp³-hybridized carbons (Fsp3) is 0.615. The van der Waals surface area contributed by atoms with Gasteiger partial charge in [-0.3, -0.25) is 4.79 Å². The lowest BCUT2D eigenvalue weighted by molar-refractivity contribution is 0.0978. The maximum Gasteiger partial charge on any atom is 0.165 e. The van der Waals surface area contributed by atoms with Gasteiger partial charge in [-0.25, -0.2) is 9.97 Å². The van der Waals surface area contributed by atoms with Crippen LogP contribution >= 0.6 is 0 Å². The van der Waals surface area contributed by atoms with Crippen LogP contribution in [0.2, 0.25) is 0 Å². The number of carbonyl (C=O) groups is 1. The topological polar surface area (TPSA) is 42.9 Å². The molecule has 0 bridgehead atoms. The molecule has 16 heavy (non-hydrogen) atoms. The van der Waals surface area contributed by atoms with Crippen LogP contribution in [-0.4, -0.2) is 15.8 Å². The maximum atomic E-state index is 11.7. The van der Waals surface area contributed by atoms with E-state index in [0.717, 1.165) is 12.8 Å². The van der Waals surface area contributed by atoms with E-state index in [2.05, 4.69) is 16.9 Å². The molecule has 0 fully saturated rings. The summed E-state index contributed by atoms with van der Waals surface area (Å²) in [6, 6.07) is 0. The molecule has 1 rings (SSSR count). The van der Waals surface area contributed by atoms with E-state index in [1.54, 1.807) is 12.4 Å². The lowest BCUT2D eigenvalue weighted by atomic mass is 10.1. The highest BCUT2D eigenvalue weighted by atomic mass is 16.1. The Hall–Kier alpha value is -1.25. The van der Waals surface area contributed by atoms with E-state index in [1.165, 1.54) is 19.3 Å². The molecule has 0 unspecified atom stereocenters. The molecule has 0 saturated heterocycles. The number of nitrogens with zero attached hydrogens (tertiary/aromatic N) is 2. The summed E-state index contributed by atoms with van der Waals surface area (Å²) in [7, 11) is 0. The van der Waals surface area contributed by atoms with Crippen LogP contribution in [-0.2, 0) is 0 Å². The molecule has 3 nitrogen and oxygen atoms in total. The van der Waals surface area contributed by atoms with E-state index < -0.39 is 0 Å². The van der Waals surface area contributed by atoms with Gasteiger partial charge in [0.2, 0.25) is 0 Å². The molecule has 0 amide bonds. The molecule has 0 aliphatic rings. The van der Waals surface area contributed by atoms with E-state index in [1.807, 2.05) is 6.92 Å². The third kappa shape index (κ3) is 4.51.